The van der Waals surface area contributed by atoms with Crippen LogP contribution in [0.2, 0.25) is 0 Å². The maximum Gasteiger partial charge on any atom is 0.407 e. The van der Waals surface area contributed by atoms with E-state index < -0.39 is 12.2 Å². The Morgan fingerprint density at radius 2 is 1.68 bits per heavy atom. The van der Waals surface area contributed by atoms with Crippen molar-refractivity contribution in [1.82, 2.24) is 10.3 Å². The van der Waals surface area contributed by atoms with Crippen molar-refractivity contribution in [1.29, 1.82) is 0 Å². The van der Waals surface area contributed by atoms with Crippen LogP contribution in [-0.2, 0) is 24.2 Å². The molecule has 0 saturated heterocycles. The van der Waals surface area contributed by atoms with E-state index in [9.17, 15) is 9.90 Å². The van der Waals surface area contributed by atoms with Gasteiger partial charge >= 0.3 is 6.09 Å². The predicted molar refractivity (Wildman–Crippen MR) is 122 cm³/mol. The summed E-state index contributed by atoms with van der Waals surface area (Å²) in [6, 6.07) is 23.6. The van der Waals surface area contributed by atoms with Gasteiger partial charge in [-0.25, -0.2) is 4.79 Å². The first-order valence-electron chi connectivity index (χ1n) is 10.7. The van der Waals surface area contributed by atoms with E-state index in [1.54, 1.807) is 6.20 Å². The highest BCUT2D eigenvalue weighted by atomic mass is 16.5. The molecule has 2 atom stereocenters. The van der Waals surface area contributed by atoms with Crippen LogP contribution in [0.25, 0.3) is 0 Å². The van der Waals surface area contributed by atoms with Crippen molar-refractivity contribution in [2.75, 3.05) is 0 Å². The van der Waals surface area contributed by atoms with Gasteiger partial charge in [0.1, 0.15) is 6.61 Å². The SMILES string of the molecule is Cc1ncccc1COC(=O)N[C@@H](Cc1ccccc1)C[C@@H](O)CCc1ccccc1. The highest BCUT2D eigenvalue weighted by Gasteiger charge is 2.19. The third-order valence-corrected chi connectivity index (χ3v) is 5.29. The number of carbonyl (C=O) groups excluding carboxylic acids is 1. The van der Waals surface area contributed by atoms with Crippen LogP contribution in [0.3, 0.4) is 0 Å². The average Bonchev–Trinajstić information content (AvgIpc) is 2.78. The van der Waals surface area contributed by atoms with E-state index in [1.165, 1.54) is 5.56 Å². The molecule has 3 aromatic rings. The van der Waals surface area contributed by atoms with Crippen molar-refractivity contribution in [3.63, 3.8) is 0 Å². The van der Waals surface area contributed by atoms with Gasteiger partial charge in [0.25, 0.3) is 0 Å². The molecule has 0 aliphatic heterocycles. The van der Waals surface area contributed by atoms with E-state index in [0.717, 1.165) is 23.2 Å². The lowest BCUT2D eigenvalue weighted by Gasteiger charge is -2.22. The van der Waals surface area contributed by atoms with E-state index in [1.807, 2.05) is 67.6 Å². The second-order valence-electron chi connectivity index (χ2n) is 7.77. The largest absolute Gasteiger partial charge is 0.445 e. The number of aliphatic hydroxyl groups excluding tert-OH is 1. The lowest BCUT2D eigenvalue weighted by molar-refractivity contribution is 0.119. The van der Waals surface area contributed by atoms with Crippen LogP contribution in [0.4, 0.5) is 4.79 Å². The van der Waals surface area contributed by atoms with E-state index in [2.05, 4.69) is 22.4 Å². The summed E-state index contributed by atoms with van der Waals surface area (Å²) in [6.07, 6.45) is 3.24. The molecule has 5 heteroatoms. The quantitative estimate of drug-likeness (QED) is 0.504. The Hall–Kier alpha value is -3.18. The molecule has 31 heavy (non-hydrogen) atoms. The van der Waals surface area contributed by atoms with E-state index in [-0.39, 0.29) is 12.6 Å². The molecule has 0 aliphatic rings. The number of nitrogens with zero attached hydrogens (tertiary/aromatic N) is 1. The summed E-state index contributed by atoms with van der Waals surface area (Å²) in [4.78, 5) is 16.7. The molecule has 0 saturated carbocycles. The second-order valence-corrected chi connectivity index (χ2v) is 7.77. The molecule has 0 bridgehead atoms. The molecule has 0 aliphatic carbocycles. The average molecular weight is 419 g/mol. The number of amides is 1. The van der Waals surface area contributed by atoms with Crippen molar-refractivity contribution in [2.24, 2.45) is 0 Å². The maximum absolute atomic E-state index is 12.5. The Balaban J connectivity index is 1.56. The minimum Gasteiger partial charge on any atom is -0.445 e. The fraction of sp³-hybridized carbons (Fsp3) is 0.308. The summed E-state index contributed by atoms with van der Waals surface area (Å²) in [5.74, 6) is 0. The van der Waals surface area contributed by atoms with Crippen molar-refractivity contribution in [3.8, 4) is 0 Å². The first-order valence-corrected chi connectivity index (χ1v) is 10.7. The van der Waals surface area contributed by atoms with Crippen LogP contribution in [0.1, 0.15) is 35.2 Å². The number of aliphatic hydroxyl groups is 1. The summed E-state index contributed by atoms with van der Waals surface area (Å²) in [7, 11) is 0. The lowest BCUT2D eigenvalue weighted by atomic mass is 9.97. The van der Waals surface area contributed by atoms with Gasteiger partial charge in [-0.05, 0) is 49.8 Å². The standard InChI is InChI=1S/C26H30N2O3/c1-20-23(13-8-16-27-20)19-31-26(30)28-24(17-22-11-6-3-7-12-22)18-25(29)15-14-21-9-4-2-5-10-21/h2-13,16,24-25,29H,14-15,17-19H2,1H3,(H,28,30)/t24-,25-/m0/s1. The number of nitrogens with one attached hydrogen (secondary N) is 1. The molecule has 2 N–H and O–H groups in total. The summed E-state index contributed by atoms with van der Waals surface area (Å²) >= 11 is 0. The fourth-order valence-electron chi connectivity index (χ4n) is 3.54. The van der Waals surface area contributed by atoms with Crippen LogP contribution in [-0.4, -0.2) is 28.3 Å². The Kier molecular flexibility index (Phi) is 8.61. The second kappa shape index (κ2) is 11.9. The van der Waals surface area contributed by atoms with E-state index >= 15 is 0 Å². The van der Waals surface area contributed by atoms with Crippen LogP contribution >= 0.6 is 0 Å². The van der Waals surface area contributed by atoms with Gasteiger partial charge in [0.15, 0.2) is 0 Å². The van der Waals surface area contributed by atoms with Crippen LogP contribution in [0.5, 0.6) is 0 Å². The molecular formula is C26H30N2O3. The Morgan fingerprint density at radius 1 is 1.00 bits per heavy atom. The van der Waals surface area contributed by atoms with Crippen molar-refractivity contribution >= 4 is 6.09 Å². The first-order chi connectivity index (χ1) is 15.1. The van der Waals surface area contributed by atoms with Gasteiger partial charge in [0.05, 0.1) is 6.10 Å². The van der Waals surface area contributed by atoms with Gasteiger partial charge in [0.2, 0.25) is 0 Å². The highest BCUT2D eigenvalue weighted by Crippen LogP contribution is 2.13. The molecule has 0 spiro atoms. The summed E-state index contributed by atoms with van der Waals surface area (Å²) in [6.45, 7) is 2.05. The Bertz CT molecular complexity index is 932. The van der Waals surface area contributed by atoms with Crippen LogP contribution in [0, 0.1) is 6.92 Å². The molecular weight excluding hydrogens is 388 g/mol. The molecule has 1 aromatic heterocycles. The molecule has 5 nitrogen and oxygen atoms in total. The predicted octanol–water partition coefficient (Wildman–Crippen LogP) is 4.61. The number of benzene rings is 2. The lowest BCUT2D eigenvalue weighted by Crippen LogP contribution is -2.39. The number of aryl methyl sites for hydroxylation is 2. The molecule has 1 heterocycles. The molecule has 3 rings (SSSR count). The third-order valence-electron chi connectivity index (χ3n) is 5.29. The Morgan fingerprint density at radius 3 is 2.35 bits per heavy atom. The van der Waals surface area contributed by atoms with Crippen molar-refractivity contribution in [3.05, 3.63) is 101 Å². The van der Waals surface area contributed by atoms with E-state index in [0.29, 0.717) is 19.3 Å². The maximum atomic E-state index is 12.5. The van der Waals surface area contributed by atoms with Gasteiger partial charge in [-0.2, -0.15) is 0 Å². The minimum absolute atomic E-state index is 0.167. The van der Waals surface area contributed by atoms with Gasteiger partial charge in [-0.15, -0.1) is 0 Å². The van der Waals surface area contributed by atoms with E-state index in [4.69, 9.17) is 4.74 Å². The normalized spacial score (nSPS) is 12.7. The topological polar surface area (TPSA) is 71.5 Å². The fourth-order valence-corrected chi connectivity index (χ4v) is 3.54. The highest BCUT2D eigenvalue weighted by molar-refractivity contribution is 5.67. The number of alkyl carbamates (subject to hydrolysis) is 1. The third kappa shape index (κ3) is 7.87. The summed E-state index contributed by atoms with van der Waals surface area (Å²) in [5.41, 5.74) is 4.01. The molecule has 162 valence electrons. The molecule has 1 amide bonds. The number of ether oxygens (including phenoxy) is 1. The van der Waals surface area contributed by atoms with Gasteiger partial charge in [-0.1, -0.05) is 66.7 Å². The molecule has 0 fully saturated rings. The van der Waals surface area contributed by atoms with Gasteiger partial charge in [-0.3, -0.25) is 4.98 Å². The molecule has 2 aromatic carbocycles. The number of pyridine rings is 1. The summed E-state index contributed by atoms with van der Waals surface area (Å²) in [5, 5.41) is 13.6. The van der Waals surface area contributed by atoms with Crippen LogP contribution in [0.15, 0.2) is 79.0 Å². The molecule has 0 radical (unpaired) electrons. The zero-order chi connectivity index (χ0) is 21.9. The molecule has 0 unspecified atom stereocenters. The monoisotopic (exact) mass is 418 g/mol. The number of carbonyl (C=O) groups is 1. The van der Waals surface area contributed by atoms with Crippen LogP contribution < -0.4 is 5.32 Å². The Labute approximate surface area is 184 Å². The number of hydrogen-bond acceptors (Lipinski definition) is 4. The zero-order valence-electron chi connectivity index (χ0n) is 17.9. The summed E-state index contributed by atoms with van der Waals surface area (Å²) < 4.78 is 5.42. The first kappa shape index (κ1) is 22.5. The number of rotatable bonds is 10. The smallest absolute Gasteiger partial charge is 0.407 e. The van der Waals surface area contributed by atoms with Gasteiger partial charge < -0.3 is 15.2 Å². The number of hydrogen-bond donors (Lipinski definition) is 2. The zero-order valence-corrected chi connectivity index (χ0v) is 17.9. The van der Waals surface area contributed by atoms with Gasteiger partial charge in [0, 0.05) is 23.5 Å². The van der Waals surface area contributed by atoms with Crippen molar-refractivity contribution < 1.29 is 14.6 Å². The van der Waals surface area contributed by atoms with Crippen molar-refractivity contribution in [2.45, 2.75) is 51.4 Å². The minimum atomic E-state index is -0.519. The number of aromatic nitrogens is 1.